The zero-order valence-corrected chi connectivity index (χ0v) is 18.7. The van der Waals surface area contributed by atoms with E-state index in [4.69, 9.17) is 9.47 Å². The Labute approximate surface area is 190 Å². The van der Waals surface area contributed by atoms with Crippen molar-refractivity contribution in [2.75, 3.05) is 39.4 Å². The van der Waals surface area contributed by atoms with Crippen LogP contribution >= 0.6 is 0 Å². The molecule has 2 fully saturated rings. The van der Waals surface area contributed by atoms with Crippen LogP contribution < -0.4 is 0 Å². The molecule has 3 aliphatic rings. The second-order valence-corrected chi connectivity index (χ2v) is 9.40. The van der Waals surface area contributed by atoms with Crippen LogP contribution in [0.2, 0.25) is 0 Å². The van der Waals surface area contributed by atoms with E-state index in [0.29, 0.717) is 31.7 Å². The number of carbonyl (C=O) groups excluding carboxylic acids is 1. The van der Waals surface area contributed by atoms with Crippen molar-refractivity contribution in [1.82, 2.24) is 14.8 Å². The molecule has 1 aliphatic carbocycles. The summed E-state index contributed by atoms with van der Waals surface area (Å²) in [5.74, 6) is 0.762. The van der Waals surface area contributed by atoms with Gasteiger partial charge in [-0.2, -0.15) is 0 Å². The van der Waals surface area contributed by atoms with Gasteiger partial charge in [0.25, 0.3) is 0 Å². The largest absolute Gasteiger partial charge is 0.381 e. The second-order valence-electron chi connectivity index (χ2n) is 9.40. The lowest BCUT2D eigenvalue weighted by Crippen LogP contribution is -2.43. The Morgan fingerprint density at radius 1 is 1.00 bits per heavy atom. The molecule has 1 aromatic heterocycles. The molecule has 2 aliphatic heterocycles. The Hall–Kier alpha value is -2.28. The average Bonchev–Trinajstić information content (AvgIpc) is 3.20. The van der Waals surface area contributed by atoms with Crippen molar-refractivity contribution < 1.29 is 14.3 Å². The molecule has 6 nitrogen and oxygen atoms in total. The maximum absolute atomic E-state index is 13.3. The Balaban J connectivity index is 1.29. The van der Waals surface area contributed by atoms with Crippen molar-refractivity contribution in [3.05, 3.63) is 65.5 Å². The Bertz CT molecular complexity index is 875. The number of amides is 1. The lowest BCUT2D eigenvalue weighted by molar-refractivity contribution is -0.133. The van der Waals surface area contributed by atoms with E-state index in [1.165, 1.54) is 11.1 Å². The minimum Gasteiger partial charge on any atom is -0.381 e. The molecule has 32 heavy (non-hydrogen) atoms. The van der Waals surface area contributed by atoms with Gasteiger partial charge in [-0.3, -0.25) is 14.7 Å². The SMILES string of the molecule is O=C1CN(C2Cc3ccccc3C2)CC(OCc2ccncc2)CN1CC1CCOCC1. The molecule has 1 atom stereocenters. The number of rotatable bonds is 6. The summed E-state index contributed by atoms with van der Waals surface area (Å²) >= 11 is 0. The van der Waals surface area contributed by atoms with Gasteiger partial charge in [0.1, 0.15) is 0 Å². The Kier molecular flexibility index (Phi) is 6.81. The van der Waals surface area contributed by atoms with Crippen LogP contribution in [0.5, 0.6) is 0 Å². The normalized spacial score (nSPS) is 23.3. The van der Waals surface area contributed by atoms with Crippen LogP contribution in [-0.4, -0.2) is 72.2 Å². The van der Waals surface area contributed by atoms with Crippen molar-refractivity contribution in [2.24, 2.45) is 5.92 Å². The van der Waals surface area contributed by atoms with Gasteiger partial charge in [-0.15, -0.1) is 0 Å². The Morgan fingerprint density at radius 3 is 2.44 bits per heavy atom. The van der Waals surface area contributed by atoms with E-state index >= 15 is 0 Å². The van der Waals surface area contributed by atoms with E-state index in [0.717, 1.165) is 57.6 Å². The molecule has 3 heterocycles. The number of hydrogen-bond donors (Lipinski definition) is 0. The first-order valence-corrected chi connectivity index (χ1v) is 11.9. The van der Waals surface area contributed by atoms with Gasteiger partial charge in [0.2, 0.25) is 5.91 Å². The molecule has 0 bridgehead atoms. The molecule has 6 heteroatoms. The van der Waals surface area contributed by atoms with Gasteiger partial charge in [0.15, 0.2) is 0 Å². The van der Waals surface area contributed by atoms with Crippen LogP contribution in [0, 0.1) is 5.92 Å². The van der Waals surface area contributed by atoms with Crippen molar-refractivity contribution in [3.63, 3.8) is 0 Å². The van der Waals surface area contributed by atoms with E-state index in [1.54, 1.807) is 12.4 Å². The third-order valence-corrected chi connectivity index (χ3v) is 7.15. The lowest BCUT2D eigenvalue weighted by atomic mass is 9.99. The first-order chi connectivity index (χ1) is 15.7. The highest BCUT2D eigenvalue weighted by atomic mass is 16.5. The van der Waals surface area contributed by atoms with Crippen LogP contribution in [0.4, 0.5) is 0 Å². The zero-order valence-electron chi connectivity index (χ0n) is 18.7. The van der Waals surface area contributed by atoms with E-state index in [1.807, 2.05) is 12.1 Å². The topological polar surface area (TPSA) is 54.9 Å². The standard InChI is InChI=1S/C26H33N3O3/c30-26-18-28(24-13-22-3-1-2-4-23(22)14-24)16-25(32-19-21-5-9-27-10-6-21)17-29(26)15-20-7-11-31-12-8-20/h1-6,9-10,20,24-25H,7-8,11-19H2. The van der Waals surface area contributed by atoms with Gasteiger partial charge in [-0.25, -0.2) is 0 Å². The van der Waals surface area contributed by atoms with Crippen molar-refractivity contribution >= 4 is 5.91 Å². The second kappa shape index (κ2) is 10.1. The average molecular weight is 436 g/mol. The van der Waals surface area contributed by atoms with E-state index < -0.39 is 0 Å². The van der Waals surface area contributed by atoms with Gasteiger partial charge in [-0.1, -0.05) is 24.3 Å². The van der Waals surface area contributed by atoms with Gasteiger partial charge in [0, 0.05) is 51.3 Å². The number of fused-ring (bicyclic) bond motifs is 1. The zero-order chi connectivity index (χ0) is 21.8. The third kappa shape index (κ3) is 5.20. The van der Waals surface area contributed by atoms with Gasteiger partial charge in [-0.05, 0) is 60.4 Å². The molecule has 0 saturated carbocycles. The molecule has 5 rings (SSSR count). The predicted octanol–water partition coefficient (Wildman–Crippen LogP) is 2.71. The summed E-state index contributed by atoms with van der Waals surface area (Å²) in [6.07, 6.45) is 7.70. The number of hydrogen-bond acceptors (Lipinski definition) is 5. The summed E-state index contributed by atoms with van der Waals surface area (Å²) in [5.41, 5.74) is 3.95. The fourth-order valence-electron chi connectivity index (χ4n) is 5.29. The maximum Gasteiger partial charge on any atom is 0.236 e. The van der Waals surface area contributed by atoms with Crippen LogP contribution in [0.15, 0.2) is 48.8 Å². The fraction of sp³-hybridized carbons (Fsp3) is 0.538. The predicted molar refractivity (Wildman–Crippen MR) is 122 cm³/mol. The summed E-state index contributed by atoms with van der Waals surface area (Å²) in [5, 5.41) is 0. The third-order valence-electron chi connectivity index (χ3n) is 7.15. The van der Waals surface area contributed by atoms with Gasteiger partial charge in [0.05, 0.1) is 19.3 Å². The summed E-state index contributed by atoms with van der Waals surface area (Å²) in [7, 11) is 0. The fourth-order valence-corrected chi connectivity index (χ4v) is 5.29. The van der Waals surface area contributed by atoms with Crippen LogP contribution in [0.25, 0.3) is 0 Å². The highest BCUT2D eigenvalue weighted by Gasteiger charge is 2.35. The summed E-state index contributed by atoms with van der Waals surface area (Å²) < 4.78 is 11.9. The molecule has 1 aromatic carbocycles. The van der Waals surface area contributed by atoms with Crippen LogP contribution in [-0.2, 0) is 33.7 Å². The monoisotopic (exact) mass is 435 g/mol. The van der Waals surface area contributed by atoms with E-state index in [9.17, 15) is 4.79 Å². The molecule has 2 saturated heterocycles. The molecule has 0 spiro atoms. The molecule has 0 N–H and O–H groups in total. The number of benzene rings is 1. The molecule has 2 aromatic rings. The highest BCUT2D eigenvalue weighted by molar-refractivity contribution is 5.78. The van der Waals surface area contributed by atoms with E-state index in [-0.39, 0.29) is 12.0 Å². The number of aromatic nitrogens is 1. The van der Waals surface area contributed by atoms with Crippen LogP contribution in [0.3, 0.4) is 0 Å². The summed E-state index contributed by atoms with van der Waals surface area (Å²) in [4.78, 5) is 21.9. The van der Waals surface area contributed by atoms with Crippen molar-refractivity contribution in [2.45, 2.75) is 44.4 Å². The smallest absolute Gasteiger partial charge is 0.236 e. The maximum atomic E-state index is 13.3. The quantitative estimate of drug-likeness (QED) is 0.698. The number of pyridine rings is 1. The Morgan fingerprint density at radius 2 is 1.72 bits per heavy atom. The summed E-state index contributed by atoms with van der Waals surface area (Å²) in [6.45, 7) is 4.91. The number of nitrogens with zero attached hydrogens (tertiary/aromatic N) is 3. The minimum atomic E-state index is -0.00170. The summed E-state index contributed by atoms with van der Waals surface area (Å²) in [6, 6.07) is 13.0. The van der Waals surface area contributed by atoms with E-state index in [2.05, 4.69) is 39.0 Å². The molecular weight excluding hydrogens is 402 g/mol. The van der Waals surface area contributed by atoms with Crippen molar-refractivity contribution in [1.29, 1.82) is 0 Å². The highest BCUT2D eigenvalue weighted by Crippen LogP contribution is 2.27. The minimum absolute atomic E-state index is 0.00170. The first kappa shape index (κ1) is 21.6. The molecule has 170 valence electrons. The first-order valence-electron chi connectivity index (χ1n) is 11.9. The lowest BCUT2D eigenvalue weighted by Gasteiger charge is -2.30. The molecule has 1 unspecified atom stereocenters. The molecule has 1 amide bonds. The van der Waals surface area contributed by atoms with Gasteiger partial charge < -0.3 is 14.4 Å². The molecular formula is C26H33N3O3. The number of carbonyl (C=O) groups is 1. The number of ether oxygens (including phenoxy) is 2. The van der Waals surface area contributed by atoms with Gasteiger partial charge >= 0.3 is 0 Å². The van der Waals surface area contributed by atoms with Crippen molar-refractivity contribution in [3.8, 4) is 0 Å². The molecule has 0 radical (unpaired) electrons. The van der Waals surface area contributed by atoms with Crippen LogP contribution in [0.1, 0.15) is 29.5 Å².